The SMILES string of the molecule is CC1CSc2ccc(S(=O)(=O)NCc3cccnc3)cc2NC1=O. The first-order chi connectivity index (χ1) is 11.5. The quantitative estimate of drug-likeness (QED) is 0.870. The lowest BCUT2D eigenvalue weighted by atomic mass is 10.2. The van der Waals surface area contributed by atoms with Crippen LogP contribution in [0.3, 0.4) is 0 Å². The number of nitrogens with one attached hydrogen (secondary N) is 2. The average molecular weight is 363 g/mol. The fourth-order valence-corrected chi connectivity index (χ4v) is 4.26. The number of nitrogens with zero attached hydrogens (tertiary/aromatic N) is 1. The van der Waals surface area contributed by atoms with Gasteiger partial charge in [-0.05, 0) is 29.8 Å². The predicted molar refractivity (Wildman–Crippen MR) is 93.2 cm³/mol. The molecule has 6 nitrogen and oxygen atoms in total. The number of carbonyl (C=O) groups excluding carboxylic acids is 1. The molecule has 1 amide bonds. The van der Waals surface area contributed by atoms with Crippen molar-refractivity contribution in [3.8, 4) is 0 Å². The molecule has 2 heterocycles. The number of amides is 1. The maximum Gasteiger partial charge on any atom is 0.240 e. The summed E-state index contributed by atoms with van der Waals surface area (Å²) >= 11 is 1.54. The van der Waals surface area contributed by atoms with Gasteiger partial charge in [-0.15, -0.1) is 11.8 Å². The van der Waals surface area contributed by atoms with Crippen molar-refractivity contribution < 1.29 is 13.2 Å². The van der Waals surface area contributed by atoms with Crippen LogP contribution in [0.25, 0.3) is 0 Å². The summed E-state index contributed by atoms with van der Waals surface area (Å²) in [5, 5.41) is 2.80. The summed E-state index contributed by atoms with van der Waals surface area (Å²) in [5.41, 5.74) is 1.31. The molecule has 0 saturated heterocycles. The summed E-state index contributed by atoms with van der Waals surface area (Å²) in [6, 6.07) is 8.34. The number of rotatable bonds is 4. The van der Waals surface area contributed by atoms with E-state index >= 15 is 0 Å². The third kappa shape index (κ3) is 3.77. The Kier molecular flexibility index (Phi) is 4.88. The number of aromatic nitrogens is 1. The van der Waals surface area contributed by atoms with Crippen LogP contribution in [-0.4, -0.2) is 25.1 Å². The van der Waals surface area contributed by atoms with E-state index in [1.54, 1.807) is 48.4 Å². The van der Waals surface area contributed by atoms with Gasteiger partial charge in [0.15, 0.2) is 0 Å². The van der Waals surface area contributed by atoms with E-state index in [-0.39, 0.29) is 23.3 Å². The largest absolute Gasteiger partial charge is 0.325 e. The second-order valence-electron chi connectivity index (χ2n) is 5.55. The molecule has 0 radical (unpaired) electrons. The van der Waals surface area contributed by atoms with Crippen LogP contribution in [0.1, 0.15) is 12.5 Å². The van der Waals surface area contributed by atoms with Crippen molar-refractivity contribution >= 4 is 33.4 Å². The summed E-state index contributed by atoms with van der Waals surface area (Å²) in [4.78, 5) is 16.9. The molecule has 3 rings (SSSR count). The summed E-state index contributed by atoms with van der Waals surface area (Å²) in [7, 11) is -3.67. The summed E-state index contributed by atoms with van der Waals surface area (Å²) in [5.74, 6) is 0.453. The Morgan fingerprint density at radius 3 is 2.96 bits per heavy atom. The smallest absolute Gasteiger partial charge is 0.240 e. The van der Waals surface area contributed by atoms with Crippen LogP contribution in [0.5, 0.6) is 0 Å². The normalized spacial score (nSPS) is 17.7. The minimum absolute atomic E-state index is 0.0980. The Bertz CT molecular complexity index is 854. The van der Waals surface area contributed by atoms with E-state index in [0.29, 0.717) is 11.4 Å². The molecule has 1 aromatic carbocycles. The molecule has 0 fully saturated rings. The molecule has 2 aromatic rings. The van der Waals surface area contributed by atoms with Crippen LogP contribution in [-0.2, 0) is 21.4 Å². The van der Waals surface area contributed by atoms with Crippen molar-refractivity contribution in [1.29, 1.82) is 0 Å². The molecule has 1 aliphatic heterocycles. The fourth-order valence-electron chi connectivity index (χ4n) is 2.21. The molecule has 8 heteroatoms. The highest BCUT2D eigenvalue weighted by Gasteiger charge is 2.22. The number of fused-ring (bicyclic) bond motifs is 1. The van der Waals surface area contributed by atoms with E-state index in [1.807, 2.05) is 6.92 Å². The van der Waals surface area contributed by atoms with Crippen molar-refractivity contribution in [2.24, 2.45) is 5.92 Å². The van der Waals surface area contributed by atoms with Gasteiger partial charge in [0.25, 0.3) is 0 Å². The molecule has 1 aliphatic rings. The zero-order valence-electron chi connectivity index (χ0n) is 13.0. The van der Waals surface area contributed by atoms with Crippen molar-refractivity contribution in [3.63, 3.8) is 0 Å². The number of thioether (sulfide) groups is 1. The number of hydrogen-bond donors (Lipinski definition) is 2. The second-order valence-corrected chi connectivity index (χ2v) is 8.37. The zero-order chi connectivity index (χ0) is 17.2. The molecular formula is C16H17N3O3S2. The Labute approximate surface area is 145 Å². The standard InChI is InChI=1S/C16H17N3O3S2/c1-11-10-23-15-5-4-13(7-14(15)19-16(11)20)24(21,22)18-9-12-3-2-6-17-8-12/h2-8,11,18H,9-10H2,1H3,(H,19,20). The monoisotopic (exact) mass is 363 g/mol. The van der Waals surface area contributed by atoms with Gasteiger partial charge < -0.3 is 5.32 Å². The molecule has 1 unspecified atom stereocenters. The third-order valence-electron chi connectivity index (χ3n) is 3.64. The first-order valence-electron chi connectivity index (χ1n) is 7.42. The average Bonchev–Trinajstić information content (AvgIpc) is 2.72. The van der Waals surface area contributed by atoms with E-state index in [0.717, 1.165) is 10.5 Å². The predicted octanol–water partition coefficient (Wildman–Crippen LogP) is 2.24. The van der Waals surface area contributed by atoms with Crippen molar-refractivity contribution in [3.05, 3.63) is 48.3 Å². The summed E-state index contributed by atoms with van der Waals surface area (Å²) in [6.07, 6.45) is 3.24. The molecule has 0 bridgehead atoms. The maximum absolute atomic E-state index is 12.5. The Morgan fingerprint density at radius 1 is 1.38 bits per heavy atom. The molecule has 2 N–H and O–H groups in total. The van der Waals surface area contributed by atoms with Gasteiger partial charge in [0, 0.05) is 35.5 Å². The van der Waals surface area contributed by atoms with E-state index in [9.17, 15) is 13.2 Å². The first-order valence-corrected chi connectivity index (χ1v) is 9.89. The van der Waals surface area contributed by atoms with Crippen molar-refractivity contribution in [2.45, 2.75) is 23.3 Å². The van der Waals surface area contributed by atoms with Crippen LogP contribution in [0, 0.1) is 5.92 Å². The van der Waals surface area contributed by atoms with Crippen LogP contribution in [0.4, 0.5) is 5.69 Å². The molecule has 0 aliphatic carbocycles. The first kappa shape index (κ1) is 16.9. The Balaban J connectivity index is 1.81. The van der Waals surface area contributed by atoms with Gasteiger partial charge in [-0.3, -0.25) is 9.78 Å². The van der Waals surface area contributed by atoms with Gasteiger partial charge in [-0.1, -0.05) is 13.0 Å². The number of sulfonamides is 1. The molecule has 1 atom stereocenters. The Hall–Kier alpha value is -1.90. The van der Waals surface area contributed by atoms with Crippen LogP contribution in [0.2, 0.25) is 0 Å². The molecule has 126 valence electrons. The van der Waals surface area contributed by atoms with E-state index in [2.05, 4.69) is 15.0 Å². The highest BCUT2D eigenvalue weighted by molar-refractivity contribution is 7.99. The van der Waals surface area contributed by atoms with Gasteiger partial charge >= 0.3 is 0 Å². The zero-order valence-corrected chi connectivity index (χ0v) is 14.7. The lowest BCUT2D eigenvalue weighted by Crippen LogP contribution is -2.24. The summed E-state index contributed by atoms with van der Waals surface area (Å²) < 4.78 is 27.5. The lowest BCUT2D eigenvalue weighted by molar-refractivity contribution is -0.118. The lowest BCUT2D eigenvalue weighted by Gasteiger charge is -2.11. The number of anilines is 1. The molecule has 24 heavy (non-hydrogen) atoms. The highest BCUT2D eigenvalue weighted by Crippen LogP contribution is 2.34. The number of hydrogen-bond acceptors (Lipinski definition) is 5. The van der Waals surface area contributed by atoms with E-state index < -0.39 is 10.0 Å². The van der Waals surface area contributed by atoms with E-state index in [1.165, 1.54) is 6.07 Å². The van der Waals surface area contributed by atoms with Gasteiger partial charge in [0.1, 0.15) is 0 Å². The van der Waals surface area contributed by atoms with Crippen molar-refractivity contribution in [1.82, 2.24) is 9.71 Å². The van der Waals surface area contributed by atoms with Gasteiger partial charge in [0.2, 0.25) is 15.9 Å². The maximum atomic E-state index is 12.5. The van der Waals surface area contributed by atoms with Crippen molar-refractivity contribution in [2.75, 3.05) is 11.1 Å². The minimum atomic E-state index is -3.67. The molecule has 1 aromatic heterocycles. The molecule has 0 spiro atoms. The second kappa shape index (κ2) is 6.92. The topological polar surface area (TPSA) is 88.2 Å². The van der Waals surface area contributed by atoms with Gasteiger partial charge in [-0.25, -0.2) is 13.1 Å². The molecule has 0 saturated carbocycles. The fraction of sp³-hybridized carbons (Fsp3) is 0.250. The van der Waals surface area contributed by atoms with Gasteiger partial charge in [-0.2, -0.15) is 0 Å². The summed E-state index contributed by atoms with van der Waals surface area (Å²) in [6.45, 7) is 2.01. The van der Waals surface area contributed by atoms with Crippen LogP contribution in [0.15, 0.2) is 52.5 Å². The number of carbonyl (C=O) groups is 1. The highest BCUT2D eigenvalue weighted by atomic mass is 32.2. The molecular weight excluding hydrogens is 346 g/mol. The number of benzene rings is 1. The number of pyridine rings is 1. The van der Waals surface area contributed by atoms with E-state index in [4.69, 9.17) is 0 Å². The Morgan fingerprint density at radius 2 is 2.21 bits per heavy atom. The third-order valence-corrected chi connectivity index (χ3v) is 6.38. The van der Waals surface area contributed by atoms with Crippen LogP contribution >= 0.6 is 11.8 Å². The van der Waals surface area contributed by atoms with Gasteiger partial charge in [0.05, 0.1) is 10.6 Å². The minimum Gasteiger partial charge on any atom is -0.325 e. The van der Waals surface area contributed by atoms with Crippen LogP contribution < -0.4 is 10.0 Å².